The van der Waals surface area contributed by atoms with E-state index in [0.717, 1.165) is 0 Å². The minimum atomic E-state index is 0. The Morgan fingerprint density at radius 3 is 1.75 bits per heavy atom. The Labute approximate surface area is 57.4 Å². The van der Waals surface area contributed by atoms with Crippen molar-refractivity contribution in [1.82, 2.24) is 0 Å². The van der Waals surface area contributed by atoms with Crippen LogP contribution in [0.25, 0.3) is 0 Å². The molecule has 2 heteroatoms. The van der Waals surface area contributed by atoms with Gasteiger partial charge in [-0.3, -0.25) is 0 Å². The first-order valence-corrected chi connectivity index (χ1v) is 3.08. The van der Waals surface area contributed by atoms with Crippen molar-refractivity contribution in [2.75, 3.05) is 0 Å². The minimum absolute atomic E-state index is 0. The van der Waals surface area contributed by atoms with E-state index in [0.29, 0.717) is 0 Å². The van der Waals surface area contributed by atoms with Crippen LogP contribution < -0.4 is 0 Å². The van der Waals surface area contributed by atoms with Gasteiger partial charge in [-0.15, -0.1) is 0 Å². The Morgan fingerprint density at radius 1 is 1.75 bits per heavy atom. The first kappa shape index (κ1) is 9.14. The molecule has 21 valence electrons. The van der Waals surface area contributed by atoms with Gasteiger partial charge in [0.25, 0.3) is 0 Å². The zero-order valence-corrected chi connectivity index (χ0v) is 8.42. The third-order valence-electron chi connectivity index (χ3n) is 0. The number of hydrogen-bond acceptors (Lipinski definition) is 0. The predicted octanol–water partition coefficient (Wildman–Crippen LogP) is 0.212. The van der Waals surface area contributed by atoms with E-state index in [1.807, 2.05) is 0 Å². The van der Waals surface area contributed by atoms with Crippen molar-refractivity contribution in [2.24, 2.45) is 0 Å². The number of hydrogen-bond donors (Lipinski definition) is 0. The van der Waals surface area contributed by atoms with Gasteiger partial charge in [0.2, 0.25) is 0 Å². The Bertz CT molecular complexity index is 4.00. The van der Waals surface area contributed by atoms with Crippen molar-refractivity contribution in [1.29, 1.82) is 0 Å². The second kappa shape index (κ2) is 8.82. The molecule has 0 unspecified atom stereocenters. The molecule has 0 aliphatic heterocycles. The Hall–Kier alpha value is 1.60. The molecule has 0 saturated heterocycles. The SMILES string of the molecule is C[CH2][Sn].[Sn]. The van der Waals surface area contributed by atoms with Crippen LogP contribution in [-0.2, 0) is 0 Å². The fourth-order valence-corrected chi connectivity index (χ4v) is 0. The molecule has 0 spiro atoms. The van der Waals surface area contributed by atoms with E-state index >= 15 is 0 Å². The van der Waals surface area contributed by atoms with E-state index in [4.69, 9.17) is 0 Å². The molecule has 0 rings (SSSR count). The summed E-state index contributed by atoms with van der Waals surface area (Å²) in [5.41, 5.74) is 0. The fourth-order valence-electron chi connectivity index (χ4n) is 0. The smallest absolute Gasteiger partial charge is 0 e. The Morgan fingerprint density at radius 2 is 1.75 bits per heavy atom. The maximum absolute atomic E-state index is 2.16. The van der Waals surface area contributed by atoms with E-state index in [9.17, 15) is 0 Å². The molecule has 0 fully saturated rings. The second-order valence-electron chi connectivity index (χ2n) is 0.354. The first-order valence-electron chi connectivity index (χ1n) is 1.06. The van der Waals surface area contributed by atoms with Crippen molar-refractivity contribution < 1.29 is 0 Å². The largest absolute Gasteiger partial charge is 0 e. The third kappa shape index (κ3) is 9.51. The maximum atomic E-state index is 2.16. The van der Waals surface area contributed by atoms with Crippen LogP contribution in [-0.4, -0.2) is 46.4 Å². The van der Waals surface area contributed by atoms with Crippen LogP contribution in [0.4, 0.5) is 0 Å². The van der Waals surface area contributed by atoms with Gasteiger partial charge in [0, 0.05) is 23.9 Å². The molecule has 0 bridgehead atoms. The molecule has 0 aromatic carbocycles. The Kier molecular flexibility index (Phi) is 20.2. The molecule has 0 aromatic heterocycles. The van der Waals surface area contributed by atoms with Crippen molar-refractivity contribution in [3.05, 3.63) is 0 Å². The molecule has 0 atom stereocenters. The standard InChI is InChI=1S/C2H5.2Sn/c1-2;;/h1H2,2H3;;. The van der Waals surface area contributed by atoms with Crippen LogP contribution in [0, 0.1) is 0 Å². The molecule has 4 heavy (non-hydrogen) atoms. The Balaban J connectivity index is 0. The topological polar surface area (TPSA) is 0 Å². The summed E-state index contributed by atoms with van der Waals surface area (Å²) in [6.45, 7) is 2.16. The van der Waals surface area contributed by atoms with Crippen LogP contribution in [0.15, 0.2) is 0 Å². The monoisotopic (exact) mass is 269 g/mol. The zero-order chi connectivity index (χ0) is 2.71. The molecule has 0 heterocycles. The summed E-state index contributed by atoms with van der Waals surface area (Å²) in [7, 11) is 0. The summed E-state index contributed by atoms with van der Waals surface area (Å²) in [6, 6.07) is 0. The van der Waals surface area contributed by atoms with Crippen molar-refractivity contribution in [3.8, 4) is 0 Å². The summed E-state index contributed by atoms with van der Waals surface area (Å²) in [6.07, 6.45) is 0. The molecule has 0 aromatic rings. The molecule has 0 aliphatic rings. The van der Waals surface area contributed by atoms with E-state index in [-0.39, 0.29) is 23.9 Å². The van der Waals surface area contributed by atoms with Gasteiger partial charge in [0.05, 0.1) is 0 Å². The van der Waals surface area contributed by atoms with Gasteiger partial charge in [-0.05, 0) is 0 Å². The van der Waals surface area contributed by atoms with Crippen molar-refractivity contribution >= 4 is 46.4 Å². The average molecular weight is 266 g/mol. The second-order valence-corrected chi connectivity index (χ2v) is 2.37. The van der Waals surface area contributed by atoms with Crippen molar-refractivity contribution in [2.45, 2.75) is 11.4 Å². The molecule has 0 nitrogen and oxygen atoms in total. The first-order chi connectivity index (χ1) is 1.41. The normalized spacial score (nSPS) is 4.50. The molecule has 0 amide bonds. The summed E-state index contributed by atoms with van der Waals surface area (Å²) < 4.78 is 1.34. The van der Waals surface area contributed by atoms with Crippen molar-refractivity contribution in [3.63, 3.8) is 0 Å². The van der Waals surface area contributed by atoms with Gasteiger partial charge >= 0.3 is 33.9 Å². The third-order valence-corrected chi connectivity index (χ3v) is 0. The molecular weight excluding hydrogens is 261 g/mol. The van der Waals surface area contributed by atoms with E-state index < -0.39 is 0 Å². The minimum Gasteiger partial charge on any atom is 0 e. The average Bonchev–Trinajstić information content (AvgIpc) is 0.918. The van der Waals surface area contributed by atoms with Gasteiger partial charge in [-0.1, -0.05) is 0 Å². The summed E-state index contributed by atoms with van der Waals surface area (Å²) in [5.74, 6) is 0. The molecule has 0 saturated carbocycles. The van der Waals surface area contributed by atoms with Gasteiger partial charge < -0.3 is 0 Å². The van der Waals surface area contributed by atoms with Gasteiger partial charge in [-0.25, -0.2) is 0 Å². The van der Waals surface area contributed by atoms with E-state index in [1.165, 1.54) is 4.44 Å². The van der Waals surface area contributed by atoms with Crippen LogP contribution in [0.5, 0.6) is 0 Å². The molecule has 0 N–H and O–H groups in total. The predicted molar refractivity (Wildman–Crippen MR) is 22.0 cm³/mol. The van der Waals surface area contributed by atoms with Crippen LogP contribution >= 0.6 is 0 Å². The summed E-state index contributed by atoms with van der Waals surface area (Å²) in [4.78, 5) is 0. The van der Waals surface area contributed by atoms with Gasteiger partial charge in [0.1, 0.15) is 0 Å². The van der Waals surface area contributed by atoms with Crippen LogP contribution in [0.3, 0.4) is 0 Å². The molecule has 7 radical (unpaired) electrons. The molecular formula is C2H5Sn2. The molecule has 0 aliphatic carbocycles. The van der Waals surface area contributed by atoms with E-state index in [2.05, 4.69) is 6.92 Å². The van der Waals surface area contributed by atoms with Crippen LogP contribution in [0.2, 0.25) is 4.44 Å². The quantitative estimate of drug-likeness (QED) is 0.550. The van der Waals surface area contributed by atoms with Gasteiger partial charge in [-0.2, -0.15) is 0 Å². The van der Waals surface area contributed by atoms with E-state index in [1.54, 1.807) is 22.5 Å². The van der Waals surface area contributed by atoms with Crippen LogP contribution in [0.1, 0.15) is 6.92 Å². The fraction of sp³-hybridized carbons (Fsp3) is 1.00. The summed E-state index contributed by atoms with van der Waals surface area (Å²) in [5, 5.41) is 0. The number of rotatable bonds is 0. The van der Waals surface area contributed by atoms with Gasteiger partial charge in [0.15, 0.2) is 0 Å². The zero-order valence-electron chi connectivity index (χ0n) is 2.71. The summed E-state index contributed by atoms with van der Waals surface area (Å²) >= 11 is 1.64. The maximum Gasteiger partial charge on any atom is 0 e.